The van der Waals surface area contributed by atoms with Crippen LogP contribution in [-0.4, -0.2) is 16.7 Å². The van der Waals surface area contributed by atoms with E-state index in [1.165, 1.54) is 0 Å². The molecule has 0 saturated heterocycles. The number of ketones is 2. The molecule has 21 heavy (non-hydrogen) atoms. The van der Waals surface area contributed by atoms with E-state index < -0.39 is 11.5 Å². The number of benzene rings is 2. The van der Waals surface area contributed by atoms with E-state index >= 15 is 0 Å². The summed E-state index contributed by atoms with van der Waals surface area (Å²) in [6, 6.07) is 16.4. The molecule has 3 heteroatoms. The van der Waals surface area contributed by atoms with Crippen LogP contribution in [0.2, 0.25) is 0 Å². The minimum atomic E-state index is -1.57. The zero-order valence-corrected chi connectivity index (χ0v) is 11.3. The molecule has 2 aromatic carbocycles. The maximum Gasteiger partial charge on any atom is 0.180 e. The molecule has 1 saturated carbocycles. The predicted octanol–water partition coefficient (Wildman–Crippen LogP) is 2.44. The SMILES string of the molecule is O=C1c2ccccc2[C@]2(O)C(=O)[C@H]1C[C@H]2c1ccccc1. The molecule has 2 bridgehead atoms. The standard InChI is InChI=1S/C18H14O3/c19-16-12-8-4-5-9-14(12)18(21)15(10-13(16)17(18)20)11-6-2-1-3-7-11/h1-9,13,15,21H,10H2/t13-,15-,18+/m0/s1. The van der Waals surface area contributed by atoms with Crippen LogP contribution >= 0.6 is 0 Å². The van der Waals surface area contributed by atoms with Crippen LogP contribution in [0.25, 0.3) is 0 Å². The van der Waals surface area contributed by atoms with Gasteiger partial charge in [0, 0.05) is 17.0 Å². The molecule has 3 atom stereocenters. The largest absolute Gasteiger partial charge is 0.377 e. The van der Waals surface area contributed by atoms with Gasteiger partial charge in [-0.05, 0) is 12.0 Å². The minimum Gasteiger partial charge on any atom is -0.377 e. The summed E-state index contributed by atoms with van der Waals surface area (Å²) in [6.45, 7) is 0. The first-order valence-electron chi connectivity index (χ1n) is 7.09. The Morgan fingerprint density at radius 3 is 2.38 bits per heavy atom. The Kier molecular flexibility index (Phi) is 2.45. The summed E-state index contributed by atoms with van der Waals surface area (Å²) in [6.07, 6.45) is 0.382. The van der Waals surface area contributed by atoms with E-state index in [4.69, 9.17) is 0 Å². The molecule has 0 unspecified atom stereocenters. The normalized spacial score (nSPS) is 30.3. The lowest BCUT2D eigenvalue weighted by molar-refractivity contribution is -0.137. The Morgan fingerprint density at radius 1 is 0.952 bits per heavy atom. The Morgan fingerprint density at radius 2 is 1.62 bits per heavy atom. The molecule has 2 aliphatic rings. The maximum absolute atomic E-state index is 12.6. The summed E-state index contributed by atoms with van der Waals surface area (Å²) in [5, 5.41) is 11.2. The third-order valence-corrected chi connectivity index (χ3v) is 4.79. The zero-order chi connectivity index (χ0) is 14.6. The Labute approximate surface area is 122 Å². The van der Waals surface area contributed by atoms with Gasteiger partial charge >= 0.3 is 0 Å². The fraction of sp³-hybridized carbons (Fsp3) is 0.222. The van der Waals surface area contributed by atoms with Gasteiger partial charge in [-0.25, -0.2) is 0 Å². The van der Waals surface area contributed by atoms with Crippen LogP contribution in [0.5, 0.6) is 0 Å². The maximum atomic E-state index is 12.6. The van der Waals surface area contributed by atoms with Crippen LogP contribution in [0.4, 0.5) is 0 Å². The van der Waals surface area contributed by atoms with Crippen LogP contribution in [0.15, 0.2) is 54.6 Å². The van der Waals surface area contributed by atoms with E-state index in [0.717, 1.165) is 5.56 Å². The minimum absolute atomic E-state index is 0.154. The smallest absolute Gasteiger partial charge is 0.180 e. The van der Waals surface area contributed by atoms with Crippen LogP contribution in [0.3, 0.4) is 0 Å². The van der Waals surface area contributed by atoms with Gasteiger partial charge in [0.15, 0.2) is 17.2 Å². The number of hydrogen-bond donors (Lipinski definition) is 1. The fourth-order valence-corrected chi connectivity index (χ4v) is 3.78. The van der Waals surface area contributed by atoms with Crippen molar-refractivity contribution in [3.63, 3.8) is 0 Å². The average Bonchev–Trinajstić information content (AvgIpc) is 2.75. The first-order valence-corrected chi connectivity index (χ1v) is 7.09. The lowest BCUT2D eigenvalue weighted by Crippen LogP contribution is -2.43. The average molecular weight is 278 g/mol. The monoisotopic (exact) mass is 278 g/mol. The molecule has 0 spiro atoms. The van der Waals surface area contributed by atoms with Gasteiger partial charge in [0.25, 0.3) is 0 Å². The molecular formula is C18H14O3. The number of Topliss-reactive ketones (excluding diaryl/α,β-unsaturated/α-hetero) is 2. The summed E-state index contributed by atoms with van der Waals surface area (Å²) >= 11 is 0. The highest BCUT2D eigenvalue weighted by Crippen LogP contribution is 2.54. The highest BCUT2D eigenvalue weighted by molar-refractivity contribution is 6.19. The number of fused-ring (bicyclic) bond motifs is 4. The van der Waals surface area contributed by atoms with Crippen molar-refractivity contribution in [3.8, 4) is 0 Å². The van der Waals surface area contributed by atoms with Crippen molar-refractivity contribution >= 4 is 11.6 Å². The molecule has 1 N–H and O–H groups in total. The molecule has 2 aromatic rings. The van der Waals surface area contributed by atoms with E-state index in [9.17, 15) is 14.7 Å². The summed E-state index contributed by atoms with van der Waals surface area (Å²) in [5.41, 5.74) is 0.280. The van der Waals surface area contributed by atoms with Gasteiger partial charge in [0.2, 0.25) is 0 Å². The first-order chi connectivity index (χ1) is 10.1. The number of rotatable bonds is 1. The molecule has 0 aliphatic heterocycles. The molecule has 0 radical (unpaired) electrons. The van der Waals surface area contributed by atoms with Crippen LogP contribution in [0.1, 0.15) is 33.8 Å². The van der Waals surface area contributed by atoms with Crippen LogP contribution < -0.4 is 0 Å². The van der Waals surface area contributed by atoms with E-state index in [1.54, 1.807) is 24.3 Å². The van der Waals surface area contributed by atoms with Crippen LogP contribution in [0, 0.1) is 5.92 Å². The molecular weight excluding hydrogens is 264 g/mol. The van der Waals surface area contributed by atoms with Gasteiger partial charge in [0.1, 0.15) is 0 Å². The lowest BCUT2D eigenvalue weighted by atomic mass is 9.74. The number of carbonyl (C=O) groups excluding carboxylic acids is 2. The van der Waals surface area contributed by atoms with Crippen molar-refractivity contribution in [2.75, 3.05) is 0 Å². The highest BCUT2D eigenvalue weighted by atomic mass is 16.3. The summed E-state index contributed by atoms with van der Waals surface area (Å²) in [5.74, 6) is -1.57. The van der Waals surface area contributed by atoms with Crippen molar-refractivity contribution in [1.82, 2.24) is 0 Å². The molecule has 3 nitrogen and oxygen atoms in total. The molecule has 2 aliphatic carbocycles. The van der Waals surface area contributed by atoms with Gasteiger partial charge in [-0.3, -0.25) is 9.59 Å². The van der Waals surface area contributed by atoms with Gasteiger partial charge in [0.05, 0.1) is 5.92 Å². The highest BCUT2D eigenvalue weighted by Gasteiger charge is 2.61. The first kappa shape index (κ1) is 12.5. The summed E-state index contributed by atoms with van der Waals surface area (Å²) in [4.78, 5) is 25.1. The van der Waals surface area contributed by atoms with Gasteiger partial charge in [-0.2, -0.15) is 0 Å². The van der Waals surface area contributed by atoms with E-state index in [-0.39, 0.29) is 17.5 Å². The van der Waals surface area contributed by atoms with Crippen molar-refractivity contribution in [2.24, 2.45) is 5.92 Å². The second kappa shape index (κ2) is 4.12. The van der Waals surface area contributed by atoms with Crippen molar-refractivity contribution in [1.29, 1.82) is 0 Å². The second-order valence-corrected chi connectivity index (χ2v) is 5.79. The lowest BCUT2D eigenvalue weighted by Gasteiger charge is -2.32. The second-order valence-electron chi connectivity index (χ2n) is 5.79. The number of aliphatic hydroxyl groups is 1. The fourth-order valence-electron chi connectivity index (χ4n) is 3.78. The molecule has 0 amide bonds. The van der Waals surface area contributed by atoms with Gasteiger partial charge in [-0.15, -0.1) is 0 Å². The Hall–Kier alpha value is -2.26. The summed E-state index contributed by atoms with van der Waals surface area (Å²) in [7, 11) is 0. The van der Waals surface area contributed by atoms with E-state index in [0.29, 0.717) is 17.5 Å². The van der Waals surface area contributed by atoms with Crippen molar-refractivity contribution in [3.05, 3.63) is 71.3 Å². The Bertz CT molecular complexity index is 750. The zero-order valence-electron chi connectivity index (χ0n) is 11.3. The van der Waals surface area contributed by atoms with Gasteiger partial charge in [-0.1, -0.05) is 54.6 Å². The number of hydrogen-bond acceptors (Lipinski definition) is 3. The third kappa shape index (κ3) is 1.47. The molecule has 104 valence electrons. The van der Waals surface area contributed by atoms with Crippen molar-refractivity contribution in [2.45, 2.75) is 17.9 Å². The van der Waals surface area contributed by atoms with E-state index in [1.807, 2.05) is 30.3 Å². The van der Waals surface area contributed by atoms with Crippen molar-refractivity contribution < 1.29 is 14.7 Å². The molecule has 4 rings (SSSR count). The predicted molar refractivity (Wildman–Crippen MR) is 77.0 cm³/mol. The third-order valence-electron chi connectivity index (χ3n) is 4.79. The van der Waals surface area contributed by atoms with E-state index in [2.05, 4.69) is 0 Å². The molecule has 1 fully saturated rings. The van der Waals surface area contributed by atoms with Gasteiger partial charge < -0.3 is 5.11 Å². The molecule has 0 aromatic heterocycles. The summed E-state index contributed by atoms with van der Waals surface area (Å²) < 4.78 is 0. The molecule has 0 heterocycles. The quantitative estimate of drug-likeness (QED) is 0.815. The topological polar surface area (TPSA) is 54.4 Å². The van der Waals surface area contributed by atoms with Crippen LogP contribution in [-0.2, 0) is 10.4 Å². The number of carbonyl (C=O) groups is 2. The Balaban J connectivity index is 1.97.